The molecule has 0 aliphatic carbocycles. The van der Waals surface area contributed by atoms with Crippen molar-refractivity contribution >= 4 is 0 Å². The summed E-state index contributed by atoms with van der Waals surface area (Å²) in [6.07, 6.45) is 6.71. The van der Waals surface area contributed by atoms with E-state index in [2.05, 4.69) is 0 Å². The van der Waals surface area contributed by atoms with Crippen LogP contribution < -0.4 is 18.9 Å². The molecule has 0 spiro atoms. The summed E-state index contributed by atoms with van der Waals surface area (Å²) in [5.41, 5.74) is 3.74. The summed E-state index contributed by atoms with van der Waals surface area (Å²) in [5.74, 6) is 1.18. The van der Waals surface area contributed by atoms with E-state index in [0.717, 1.165) is 22.3 Å². The van der Waals surface area contributed by atoms with Crippen LogP contribution in [0.25, 0.3) is 0 Å². The molecule has 0 N–H and O–H groups in total. The van der Waals surface area contributed by atoms with E-state index in [4.69, 9.17) is 40.0 Å². The Bertz CT molecular complexity index is 1300. The molecule has 0 unspecified atom stereocenters. The first-order valence-corrected chi connectivity index (χ1v) is 11.3. The topological polar surface area (TPSA) is 132 Å². The Morgan fingerprint density at radius 1 is 0.342 bits per heavy atom. The SMILES string of the molecule is N#COc1ccc(C(c2ccc(OC#N)cc2)C(c2ccc(OC#N)cc2)c2ccc(OC#N)cc2)cc1. The molecule has 8 heteroatoms. The summed E-state index contributed by atoms with van der Waals surface area (Å²) < 4.78 is 19.9. The third-order valence-electron chi connectivity index (χ3n) is 5.94. The first-order valence-electron chi connectivity index (χ1n) is 11.3. The molecular weight excluding hydrogens is 480 g/mol. The average Bonchev–Trinajstić information content (AvgIpc) is 2.95. The molecule has 0 heterocycles. The van der Waals surface area contributed by atoms with Gasteiger partial charge >= 0.3 is 0 Å². The van der Waals surface area contributed by atoms with Gasteiger partial charge in [0.15, 0.2) is 0 Å². The molecule has 4 aromatic carbocycles. The predicted octanol–water partition coefficient (Wildman–Crippen LogP) is 6.09. The van der Waals surface area contributed by atoms with E-state index in [1.807, 2.05) is 48.5 Å². The zero-order valence-corrected chi connectivity index (χ0v) is 19.8. The number of hydrogen-bond donors (Lipinski definition) is 0. The molecule has 4 aromatic rings. The molecule has 0 saturated carbocycles. The standard InChI is InChI=1S/C30H18N4O4/c31-17-35-25-9-1-21(2-10-25)29(22-3-11-26(12-4-22)36-18-32)30(23-5-13-27(14-6-23)37-19-33)24-7-15-28(16-8-24)38-20-34/h1-16,29-30H. The van der Waals surface area contributed by atoms with Crippen molar-refractivity contribution in [3.63, 3.8) is 0 Å². The van der Waals surface area contributed by atoms with Crippen LogP contribution in [0, 0.1) is 46.1 Å². The van der Waals surface area contributed by atoms with E-state index in [9.17, 15) is 0 Å². The third-order valence-corrected chi connectivity index (χ3v) is 5.94. The lowest BCUT2D eigenvalue weighted by Crippen LogP contribution is -2.15. The fraction of sp³-hybridized carbons (Fsp3) is 0.0667. The summed E-state index contributed by atoms with van der Waals surface area (Å²) in [6.45, 7) is 0. The molecule has 0 aliphatic rings. The molecular formula is C30H18N4O4. The number of rotatable bonds is 9. The highest BCUT2D eigenvalue weighted by Gasteiger charge is 2.29. The van der Waals surface area contributed by atoms with Crippen molar-refractivity contribution < 1.29 is 18.9 Å². The van der Waals surface area contributed by atoms with Crippen LogP contribution in [0.4, 0.5) is 0 Å². The van der Waals surface area contributed by atoms with Gasteiger partial charge in [-0.2, -0.15) is 0 Å². The van der Waals surface area contributed by atoms with Gasteiger partial charge in [0.05, 0.1) is 0 Å². The summed E-state index contributed by atoms with van der Waals surface area (Å²) >= 11 is 0. The van der Waals surface area contributed by atoms with E-state index in [1.165, 1.54) is 0 Å². The van der Waals surface area contributed by atoms with Crippen LogP contribution in [0.2, 0.25) is 0 Å². The van der Waals surface area contributed by atoms with Gasteiger partial charge in [-0.05, 0) is 70.8 Å². The van der Waals surface area contributed by atoms with E-state index >= 15 is 0 Å². The minimum atomic E-state index is -0.243. The van der Waals surface area contributed by atoms with E-state index in [-0.39, 0.29) is 11.8 Å². The van der Waals surface area contributed by atoms with Gasteiger partial charge in [0.25, 0.3) is 25.0 Å². The molecule has 0 aliphatic heterocycles. The number of hydrogen-bond acceptors (Lipinski definition) is 8. The molecule has 0 aromatic heterocycles. The molecule has 0 fully saturated rings. The fourth-order valence-electron chi connectivity index (χ4n) is 4.34. The van der Waals surface area contributed by atoms with Crippen LogP contribution in [0.5, 0.6) is 23.0 Å². The lowest BCUT2D eigenvalue weighted by atomic mass is 9.73. The minimum Gasteiger partial charge on any atom is -0.388 e. The van der Waals surface area contributed by atoms with Crippen LogP contribution in [-0.2, 0) is 0 Å². The van der Waals surface area contributed by atoms with Gasteiger partial charge < -0.3 is 18.9 Å². The third kappa shape index (κ3) is 5.81. The van der Waals surface area contributed by atoms with Crippen molar-refractivity contribution in [3.05, 3.63) is 119 Å². The molecule has 38 heavy (non-hydrogen) atoms. The van der Waals surface area contributed by atoms with Crippen molar-refractivity contribution in [2.75, 3.05) is 0 Å². The van der Waals surface area contributed by atoms with Gasteiger partial charge in [0, 0.05) is 11.8 Å². The van der Waals surface area contributed by atoms with Gasteiger partial charge in [-0.3, -0.25) is 0 Å². The molecule has 0 amide bonds. The van der Waals surface area contributed by atoms with Crippen LogP contribution in [0.1, 0.15) is 34.1 Å². The smallest absolute Gasteiger partial charge is 0.292 e. The minimum absolute atomic E-state index is 0.243. The second kappa shape index (κ2) is 12.1. The normalized spacial score (nSPS) is 9.95. The number of benzene rings is 4. The summed E-state index contributed by atoms with van der Waals surface area (Å²) in [4.78, 5) is 0. The first-order chi connectivity index (χ1) is 18.7. The molecule has 0 atom stereocenters. The Labute approximate surface area is 219 Å². The Morgan fingerprint density at radius 2 is 0.526 bits per heavy atom. The highest BCUT2D eigenvalue weighted by Crippen LogP contribution is 2.44. The van der Waals surface area contributed by atoms with E-state index < -0.39 is 0 Å². The van der Waals surface area contributed by atoms with Crippen molar-refractivity contribution in [1.82, 2.24) is 0 Å². The lowest BCUT2D eigenvalue weighted by Gasteiger charge is -2.30. The monoisotopic (exact) mass is 498 g/mol. The highest BCUT2D eigenvalue weighted by atomic mass is 16.5. The first kappa shape index (κ1) is 25.1. The number of ether oxygens (including phenoxy) is 4. The number of nitriles is 4. The maximum atomic E-state index is 8.89. The average molecular weight is 498 g/mol. The molecule has 182 valence electrons. The quantitative estimate of drug-likeness (QED) is 0.253. The van der Waals surface area contributed by atoms with Crippen LogP contribution in [-0.4, -0.2) is 0 Å². The van der Waals surface area contributed by atoms with Crippen LogP contribution in [0.3, 0.4) is 0 Å². The maximum Gasteiger partial charge on any atom is 0.292 e. The Kier molecular flexibility index (Phi) is 8.03. The van der Waals surface area contributed by atoms with Gasteiger partial charge in [0.2, 0.25) is 0 Å². The molecule has 0 radical (unpaired) electrons. The lowest BCUT2D eigenvalue weighted by molar-refractivity contribution is 0.504. The zero-order valence-electron chi connectivity index (χ0n) is 19.8. The molecule has 8 nitrogen and oxygen atoms in total. The predicted molar refractivity (Wildman–Crippen MR) is 134 cm³/mol. The van der Waals surface area contributed by atoms with Crippen molar-refractivity contribution in [3.8, 4) is 48.0 Å². The van der Waals surface area contributed by atoms with Gasteiger partial charge in [-0.25, -0.2) is 0 Å². The molecule has 4 rings (SSSR count). The second-order valence-electron chi connectivity index (χ2n) is 8.00. The highest BCUT2D eigenvalue weighted by molar-refractivity contribution is 5.48. The Hall–Kier alpha value is -5.96. The van der Waals surface area contributed by atoms with Gasteiger partial charge in [-0.1, -0.05) is 48.5 Å². The molecule has 0 saturated heterocycles. The Morgan fingerprint density at radius 3 is 0.684 bits per heavy atom. The van der Waals surface area contributed by atoms with Gasteiger partial charge in [0.1, 0.15) is 23.0 Å². The fourth-order valence-corrected chi connectivity index (χ4v) is 4.34. The Balaban J connectivity index is 1.89. The zero-order chi connectivity index (χ0) is 26.7. The van der Waals surface area contributed by atoms with Crippen LogP contribution >= 0.6 is 0 Å². The van der Waals surface area contributed by atoms with Crippen molar-refractivity contribution in [1.29, 1.82) is 21.0 Å². The molecule has 0 bridgehead atoms. The largest absolute Gasteiger partial charge is 0.388 e. The second-order valence-corrected chi connectivity index (χ2v) is 8.00. The van der Waals surface area contributed by atoms with Crippen LogP contribution in [0.15, 0.2) is 97.1 Å². The van der Waals surface area contributed by atoms with Crippen molar-refractivity contribution in [2.45, 2.75) is 11.8 Å². The maximum absolute atomic E-state index is 8.89. The van der Waals surface area contributed by atoms with Crippen molar-refractivity contribution in [2.24, 2.45) is 0 Å². The summed E-state index contributed by atoms with van der Waals surface area (Å²) in [5, 5.41) is 35.5. The van der Waals surface area contributed by atoms with E-state index in [0.29, 0.717) is 23.0 Å². The van der Waals surface area contributed by atoms with Gasteiger partial charge in [-0.15, -0.1) is 21.0 Å². The summed E-state index contributed by atoms with van der Waals surface area (Å²) in [7, 11) is 0. The summed E-state index contributed by atoms with van der Waals surface area (Å²) in [6, 6.07) is 29.0. The number of nitrogens with zero attached hydrogens (tertiary/aromatic N) is 4. The van der Waals surface area contributed by atoms with E-state index in [1.54, 1.807) is 73.6 Å².